The fourth-order valence-electron chi connectivity index (χ4n) is 5.50. The van der Waals surface area contributed by atoms with Crippen LogP contribution in [0.2, 0.25) is 0 Å². The van der Waals surface area contributed by atoms with E-state index >= 15 is 0 Å². The Balaban J connectivity index is 1.83. The minimum absolute atomic E-state index is 0.115. The van der Waals surface area contributed by atoms with Crippen molar-refractivity contribution in [3.8, 4) is 0 Å². The highest BCUT2D eigenvalue weighted by molar-refractivity contribution is 5.98. The number of carboxylic acid groups (broad SMARTS) is 1. The molecule has 32 heavy (non-hydrogen) atoms. The summed E-state index contributed by atoms with van der Waals surface area (Å²) in [4.78, 5) is 54.7. The molecule has 0 spiro atoms. The third kappa shape index (κ3) is 4.43. The van der Waals surface area contributed by atoms with Crippen LogP contribution in [-0.2, 0) is 19.1 Å². The van der Waals surface area contributed by atoms with Gasteiger partial charge in [-0.1, -0.05) is 13.8 Å². The van der Waals surface area contributed by atoms with Crippen LogP contribution in [0.15, 0.2) is 0 Å². The van der Waals surface area contributed by atoms with Gasteiger partial charge in [-0.2, -0.15) is 0 Å². The van der Waals surface area contributed by atoms with Gasteiger partial charge in [0.05, 0.1) is 0 Å². The molecule has 0 unspecified atom stereocenters. The lowest BCUT2D eigenvalue weighted by molar-refractivity contribution is -0.166. The van der Waals surface area contributed by atoms with Crippen LogP contribution in [0.3, 0.4) is 0 Å². The second-order valence-electron chi connectivity index (χ2n) is 10.9. The van der Waals surface area contributed by atoms with Crippen LogP contribution in [0.25, 0.3) is 0 Å². The number of nitrogens with one attached hydrogen (secondary N) is 1. The number of carbonyl (C=O) groups is 4. The Hall–Kier alpha value is -2.32. The number of aliphatic carboxylic acids is 1. The van der Waals surface area contributed by atoms with Crippen molar-refractivity contribution in [1.29, 1.82) is 0 Å². The van der Waals surface area contributed by atoms with Crippen molar-refractivity contribution >= 4 is 23.9 Å². The molecular weight excluding hydrogens is 414 g/mol. The predicted molar refractivity (Wildman–Crippen MR) is 117 cm³/mol. The standard InChI is InChI=1S/C23H37N3O6/c1-15(2)14-22(10-11-23(19(29)30)9-7-13-26(23)18(22)28)24-17(27)16-8-6-12-25(16)20(31)32-21(3,4)5/h15-16H,6-14H2,1-5H3,(H,24,27)(H,29,30)/t16-,22-,23+/m0/s1. The van der Waals surface area contributed by atoms with Crippen molar-refractivity contribution in [2.45, 2.75) is 102 Å². The van der Waals surface area contributed by atoms with E-state index < -0.39 is 34.8 Å². The average Bonchev–Trinajstić information content (AvgIpc) is 3.31. The van der Waals surface area contributed by atoms with Crippen molar-refractivity contribution in [1.82, 2.24) is 15.1 Å². The molecule has 9 heteroatoms. The van der Waals surface area contributed by atoms with E-state index in [9.17, 15) is 24.3 Å². The van der Waals surface area contributed by atoms with E-state index in [-0.39, 0.29) is 24.2 Å². The predicted octanol–water partition coefficient (Wildman–Crippen LogP) is 2.53. The Kier molecular flexibility index (Phi) is 6.50. The van der Waals surface area contributed by atoms with E-state index in [2.05, 4.69) is 5.32 Å². The summed E-state index contributed by atoms with van der Waals surface area (Å²) >= 11 is 0. The summed E-state index contributed by atoms with van der Waals surface area (Å²) in [6.45, 7) is 10.1. The lowest BCUT2D eigenvalue weighted by Gasteiger charge is -2.49. The van der Waals surface area contributed by atoms with Gasteiger partial charge < -0.3 is 20.1 Å². The second kappa shape index (κ2) is 8.56. The molecule has 9 nitrogen and oxygen atoms in total. The zero-order valence-electron chi connectivity index (χ0n) is 19.9. The number of carbonyl (C=O) groups excluding carboxylic acids is 3. The van der Waals surface area contributed by atoms with Gasteiger partial charge >= 0.3 is 12.1 Å². The topological polar surface area (TPSA) is 116 Å². The third-order valence-corrected chi connectivity index (χ3v) is 6.81. The van der Waals surface area contributed by atoms with E-state index in [1.165, 1.54) is 9.80 Å². The normalized spacial score (nSPS) is 30.4. The molecule has 0 radical (unpaired) electrons. The molecule has 3 aliphatic rings. The van der Waals surface area contributed by atoms with Crippen molar-refractivity contribution in [3.05, 3.63) is 0 Å². The molecule has 0 aromatic rings. The van der Waals surface area contributed by atoms with Gasteiger partial charge in [0, 0.05) is 13.1 Å². The molecule has 3 rings (SSSR count). The molecule has 0 aliphatic carbocycles. The Bertz CT molecular complexity index is 791. The van der Waals surface area contributed by atoms with Crippen LogP contribution < -0.4 is 5.32 Å². The zero-order valence-corrected chi connectivity index (χ0v) is 19.9. The molecule has 3 amide bonds. The van der Waals surface area contributed by atoms with Crippen molar-refractivity contribution in [2.75, 3.05) is 13.1 Å². The smallest absolute Gasteiger partial charge is 0.410 e. The van der Waals surface area contributed by atoms with Gasteiger partial charge in [-0.15, -0.1) is 0 Å². The lowest BCUT2D eigenvalue weighted by Crippen LogP contribution is -2.70. The van der Waals surface area contributed by atoms with Crippen LogP contribution in [0, 0.1) is 5.92 Å². The van der Waals surface area contributed by atoms with Gasteiger partial charge in [-0.05, 0) is 71.6 Å². The van der Waals surface area contributed by atoms with E-state index in [1.807, 2.05) is 13.8 Å². The number of fused-ring (bicyclic) bond motifs is 1. The first-order valence-electron chi connectivity index (χ1n) is 11.7. The van der Waals surface area contributed by atoms with Gasteiger partial charge in [0.15, 0.2) is 0 Å². The molecular formula is C23H37N3O6. The van der Waals surface area contributed by atoms with Crippen LogP contribution in [0.1, 0.15) is 79.6 Å². The Morgan fingerprint density at radius 1 is 1.16 bits per heavy atom. The molecule has 0 aromatic heterocycles. The summed E-state index contributed by atoms with van der Waals surface area (Å²) < 4.78 is 5.47. The number of ether oxygens (including phenoxy) is 1. The minimum atomic E-state index is -1.17. The van der Waals surface area contributed by atoms with Crippen LogP contribution >= 0.6 is 0 Å². The maximum absolute atomic E-state index is 13.7. The highest BCUT2D eigenvalue weighted by Crippen LogP contribution is 2.44. The van der Waals surface area contributed by atoms with Gasteiger partial charge in [0.2, 0.25) is 11.8 Å². The van der Waals surface area contributed by atoms with Crippen LogP contribution in [0.5, 0.6) is 0 Å². The Morgan fingerprint density at radius 3 is 2.44 bits per heavy atom. The van der Waals surface area contributed by atoms with Gasteiger partial charge in [0.1, 0.15) is 22.7 Å². The molecule has 180 valence electrons. The van der Waals surface area contributed by atoms with Crippen LogP contribution in [0.4, 0.5) is 4.79 Å². The van der Waals surface area contributed by atoms with Gasteiger partial charge in [0.25, 0.3) is 0 Å². The summed E-state index contributed by atoms with van der Waals surface area (Å²) in [5.74, 6) is -1.54. The largest absolute Gasteiger partial charge is 0.479 e. The van der Waals surface area contributed by atoms with Crippen molar-refractivity contribution in [3.63, 3.8) is 0 Å². The van der Waals surface area contributed by atoms with E-state index in [4.69, 9.17) is 4.74 Å². The Morgan fingerprint density at radius 2 is 1.84 bits per heavy atom. The number of nitrogens with zero attached hydrogens (tertiary/aromatic N) is 2. The SMILES string of the molecule is CC(C)C[C@@]1(NC(=O)[C@@H]2CCCN2C(=O)OC(C)(C)C)CC[C@@]2(C(=O)O)CCCN2C1=O. The molecule has 3 aliphatic heterocycles. The molecule has 2 N–H and O–H groups in total. The maximum atomic E-state index is 13.7. The second-order valence-corrected chi connectivity index (χ2v) is 10.9. The van der Waals surface area contributed by atoms with Crippen molar-refractivity contribution < 1.29 is 29.0 Å². The van der Waals surface area contributed by atoms with Crippen LogP contribution in [-0.4, -0.2) is 74.6 Å². The number of piperidine rings is 1. The van der Waals surface area contributed by atoms with E-state index in [0.717, 1.165) is 0 Å². The first-order valence-corrected chi connectivity index (χ1v) is 11.7. The number of hydrogen-bond acceptors (Lipinski definition) is 5. The summed E-state index contributed by atoms with van der Waals surface area (Å²) in [6.07, 6.45) is 2.72. The quantitative estimate of drug-likeness (QED) is 0.664. The lowest BCUT2D eigenvalue weighted by atomic mass is 9.74. The zero-order chi connectivity index (χ0) is 23.9. The summed E-state index contributed by atoms with van der Waals surface area (Å²) in [5.41, 5.74) is -3.00. The summed E-state index contributed by atoms with van der Waals surface area (Å²) in [7, 11) is 0. The van der Waals surface area contributed by atoms with Crippen molar-refractivity contribution in [2.24, 2.45) is 5.92 Å². The highest BCUT2D eigenvalue weighted by atomic mass is 16.6. The molecule has 3 heterocycles. The van der Waals surface area contributed by atoms with Gasteiger partial charge in [-0.25, -0.2) is 9.59 Å². The fraction of sp³-hybridized carbons (Fsp3) is 0.826. The molecule has 0 aromatic carbocycles. The molecule has 0 saturated carbocycles. The summed E-state index contributed by atoms with van der Waals surface area (Å²) in [6, 6.07) is -0.702. The Labute approximate surface area is 189 Å². The monoisotopic (exact) mass is 451 g/mol. The highest BCUT2D eigenvalue weighted by Gasteiger charge is 2.60. The molecule has 3 atom stereocenters. The van der Waals surface area contributed by atoms with E-state index in [1.54, 1.807) is 20.8 Å². The fourth-order valence-corrected chi connectivity index (χ4v) is 5.50. The molecule has 3 saturated heterocycles. The first-order chi connectivity index (χ1) is 14.8. The minimum Gasteiger partial charge on any atom is -0.479 e. The maximum Gasteiger partial charge on any atom is 0.410 e. The third-order valence-electron chi connectivity index (χ3n) is 6.81. The average molecular weight is 452 g/mol. The van der Waals surface area contributed by atoms with Gasteiger partial charge in [-0.3, -0.25) is 14.5 Å². The molecule has 0 bridgehead atoms. The number of hydrogen-bond donors (Lipinski definition) is 2. The number of likely N-dealkylation sites (tertiary alicyclic amines) is 1. The number of rotatable bonds is 5. The first kappa shape index (κ1) is 24.3. The van der Waals surface area contributed by atoms with E-state index in [0.29, 0.717) is 51.6 Å². The number of amides is 3. The number of carboxylic acids is 1. The molecule has 3 fully saturated rings. The summed E-state index contributed by atoms with van der Waals surface area (Å²) in [5, 5.41) is 12.9.